The van der Waals surface area contributed by atoms with Crippen LogP contribution in [0.15, 0.2) is 22.7 Å². The molecule has 0 saturated carbocycles. The fourth-order valence-electron chi connectivity index (χ4n) is 0.996. The highest BCUT2D eigenvalue weighted by molar-refractivity contribution is 9.10. The number of nitrogens with one attached hydrogen (secondary N) is 2. The molecule has 1 aromatic carbocycles. The molecule has 15 heavy (non-hydrogen) atoms. The molecule has 0 amide bonds. The molecular formula is C10H12BrFN2S. The topological polar surface area (TPSA) is 24.1 Å². The molecule has 0 aliphatic carbocycles. The van der Waals surface area contributed by atoms with E-state index in [-0.39, 0.29) is 5.82 Å². The molecule has 0 radical (unpaired) electrons. The summed E-state index contributed by atoms with van der Waals surface area (Å²) in [5.41, 5.74) is 0.755. The van der Waals surface area contributed by atoms with Crippen LogP contribution in [0.4, 0.5) is 10.1 Å². The highest BCUT2D eigenvalue weighted by atomic mass is 79.9. The standard InChI is InChI=1S/C10H12BrFN2S/c1-2-5-13-10(15)14-9-4-3-7(12)6-8(9)11/h3-4,6H,2,5H2,1H3,(H2,13,14,15). The van der Waals surface area contributed by atoms with Crippen LogP contribution in [0.25, 0.3) is 0 Å². The minimum atomic E-state index is -0.278. The molecule has 2 nitrogen and oxygen atoms in total. The summed E-state index contributed by atoms with van der Waals surface area (Å²) in [6, 6.07) is 4.42. The van der Waals surface area contributed by atoms with Crippen molar-refractivity contribution in [2.45, 2.75) is 13.3 Å². The molecule has 0 saturated heterocycles. The molecule has 0 heterocycles. The molecule has 0 aromatic heterocycles. The number of thiocarbonyl (C=S) groups is 1. The van der Waals surface area contributed by atoms with Gasteiger partial charge in [0.05, 0.1) is 5.69 Å². The van der Waals surface area contributed by atoms with Crippen molar-refractivity contribution in [3.63, 3.8) is 0 Å². The van der Waals surface area contributed by atoms with Crippen LogP contribution in [-0.2, 0) is 0 Å². The monoisotopic (exact) mass is 290 g/mol. The SMILES string of the molecule is CCCNC(=S)Nc1ccc(F)cc1Br. The van der Waals surface area contributed by atoms with Crippen molar-refractivity contribution in [2.75, 3.05) is 11.9 Å². The quantitative estimate of drug-likeness (QED) is 0.836. The zero-order valence-electron chi connectivity index (χ0n) is 8.31. The minimum Gasteiger partial charge on any atom is -0.362 e. The molecule has 5 heteroatoms. The summed E-state index contributed by atoms with van der Waals surface area (Å²) < 4.78 is 13.4. The van der Waals surface area contributed by atoms with Crippen LogP contribution in [0.2, 0.25) is 0 Å². The Bertz CT molecular complexity index is 357. The first kappa shape index (κ1) is 12.4. The lowest BCUT2D eigenvalue weighted by molar-refractivity contribution is 0.627. The van der Waals surface area contributed by atoms with E-state index in [1.54, 1.807) is 6.07 Å². The molecule has 82 valence electrons. The molecule has 0 aliphatic heterocycles. The molecule has 0 aliphatic rings. The molecular weight excluding hydrogens is 279 g/mol. The molecule has 2 N–H and O–H groups in total. The van der Waals surface area contributed by atoms with Gasteiger partial charge in [-0.25, -0.2) is 4.39 Å². The Kier molecular flexibility index (Phi) is 4.98. The van der Waals surface area contributed by atoms with Crippen molar-refractivity contribution < 1.29 is 4.39 Å². The average molecular weight is 291 g/mol. The van der Waals surface area contributed by atoms with Gasteiger partial charge in [-0.05, 0) is 52.8 Å². The number of rotatable bonds is 3. The van der Waals surface area contributed by atoms with Crippen LogP contribution >= 0.6 is 28.1 Å². The van der Waals surface area contributed by atoms with Crippen molar-refractivity contribution in [1.29, 1.82) is 0 Å². The summed E-state index contributed by atoms with van der Waals surface area (Å²) in [7, 11) is 0. The predicted molar refractivity (Wildman–Crippen MR) is 68.6 cm³/mol. The Morgan fingerprint density at radius 2 is 2.27 bits per heavy atom. The van der Waals surface area contributed by atoms with Gasteiger partial charge in [-0.2, -0.15) is 0 Å². The number of halogens is 2. The Labute approximate surface area is 102 Å². The Balaban J connectivity index is 2.60. The molecule has 0 spiro atoms. The summed E-state index contributed by atoms with van der Waals surface area (Å²) in [6.45, 7) is 2.88. The van der Waals surface area contributed by atoms with Gasteiger partial charge in [-0.1, -0.05) is 6.92 Å². The third-order valence-electron chi connectivity index (χ3n) is 1.71. The van der Waals surface area contributed by atoms with E-state index in [0.717, 1.165) is 18.7 Å². The summed E-state index contributed by atoms with van der Waals surface area (Å²) in [5, 5.41) is 6.55. The van der Waals surface area contributed by atoms with Crippen LogP contribution in [-0.4, -0.2) is 11.7 Å². The Morgan fingerprint density at radius 3 is 2.87 bits per heavy atom. The van der Waals surface area contributed by atoms with E-state index in [2.05, 4.69) is 33.5 Å². The van der Waals surface area contributed by atoms with Crippen molar-refractivity contribution in [3.8, 4) is 0 Å². The lowest BCUT2D eigenvalue weighted by Gasteiger charge is -2.10. The van der Waals surface area contributed by atoms with Crippen LogP contribution < -0.4 is 10.6 Å². The smallest absolute Gasteiger partial charge is 0.170 e. The van der Waals surface area contributed by atoms with Gasteiger partial charge in [-0.3, -0.25) is 0 Å². The molecule has 1 rings (SSSR count). The first-order valence-corrected chi connectivity index (χ1v) is 5.83. The molecule has 0 unspecified atom stereocenters. The molecule has 0 fully saturated rings. The van der Waals surface area contributed by atoms with Gasteiger partial charge in [0.25, 0.3) is 0 Å². The van der Waals surface area contributed by atoms with E-state index in [0.29, 0.717) is 9.59 Å². The normalized spacial score (nSPS) is 9.80. The van der Waals surface area contributed by atoms with Gasteiger partial charge in [0.2, 0.25) is 0 Å². The fourth-order valence-corrected chi connectivity index (χ4v) is 1.66. The van der Waals surface area contributed by atoms with Crippen molar-refractivity contribution in [1.82, 2.24) is 5.32 Å². The maximum Gasteiger partial charge on any atom is 0.170 e. The second kappa shape index (κ2) is 6.02. The van der Waals surface area contributed by atoms with Crippen molar-refractivity contribution in [2.24, 2.45) is 0 Å². The van der Waals surface area contributed by atoms with Gasteiger partial charge in [0, 0.05) is 11.0 Å². The number of benzene rings is 1. The van der Waals surface area contributed by atoms with Crippen molar-refractivity contribution in [3.05, 3.63) is 28.5 Å². The lowest BCUT2D eigenvalue weighted by Crippen LogP contribution is -2.29. The maximum absolute atomic E-state index is 12.8. The van der Waals surface area contributed by atoms with Crippen LogP contribution in [0.5, 0.6) is 0 Å². The number of hydrogen-bond acceptors (Lipinski definition) is 1. The highest BCUT2D eigenvalue weighted by Gasteiger charge is 2.02. The highest BCUT2D eigenvalue weighted by Crippen LogP contribution is 2.22. The fraction of sp³-hybridized carbons (Fsp3) is 0.300. The third kappa shape index (κ3) is 4.13. The maximum atomic E-state index is 12.8. The summed E-state index contributed by atoms with van der Waals surface area (Å²) in [6.07, 6.45) is 1.01. The first-order chi connectivity index (χ1) is 7.13. The average Bonchev–Trinajstić information content (AvgIpc) is 2.19. The van der Waals surface area contributed by atoms with Gasteiger partial charge >= 0.3 is 0 Å². The second-order valence-corrected chi connectivity index (χ2v) is 4.27. The third-order valence-corrected chi connectivity index (χ3v) is 2.62. The summed E-state index contributed by atoms with van der Waals surface area (Å²) in [4.78, 5) is 0. The van der Waals surface area contributed by atoms with Crippen LogP contribution in [0.3, 0.4) is 0 Å². The van der Waals surface area contributed by atoms with E-state index in [4.69, 9.17) is 12.2 Å². The zero-order valence-corrected chi connectivity index (χ0v) is 10.7. The first-order valence-electron chi connectivity index (χ1n) is 4.63. The van der Waals surface area contributed by atoms with Gasteiger partial charge in [0.15, 0.2) is 5.11 Å². The zero-order chi connectivity index (χ0) is 11.3. The van der Waals surface area contributed by atoms with E-state index in [1.807, 2.05) is 0 Å². The summed E-state index contributed by atoms with van der Waals surface area (Å²) in [5.74, 6) is -0.278. The van der Waals surface area contributed by atoms with Gasteiger partial charge < -0.3 is 10.6 Å². The van der Waals surface area contributed by atoms with Crippen LogP contribution in [0.1, 0.15) is 13.3 Å². The lowest BCUT2D eigenvalue weighted by atomic mass is 10.3. The van der Waals surface area contributed by atoms with Crippen LogP contribution in [0, 0.1) is 5.82 Å². The number of anilines is 1. The van der Waals surface area contributed by atoms with E-state index in [1.165, 1.54) is 12.1 Å². The molecule has 0 atom stereocenters. The van der Waals surface area contributed by atoms with Gasteiger partial charge in [0.1, 0.15) is 5.82 Å². The predicted octanol–water partition coefficient (Wildman–Crippen LogP) is 3.28. The molecule has 1 aromatic rings. The molecule has 0 bridgehead atoms. The van der Waals surface area contributed by atoms with E-state index in [9.17, 15) is 4.39 Å². The van der Waals surface area contributed by atoms with E-state index < -0.39 is 0 Å². The Hall–Kier alpha value is -0.680. The Morgan fingerprint density at radius 1 is 1.53 bits per heavy atom. The minimum absolute atomic E-state index is 0.278. The largest absolute Gasteiger partial charge is 0.362 e. The van der Waals surface area contributed by atoms with Gasteiger partial charge in [-0.15, -0.1) is 0 Å². The van der Waals surface area contributed by atoms with Crippen molar-refractivity contribution >= 4 is 38.9 Å². The summed E-state index contributed by atoms with van der Waals surface area (Å²) >= 11 is 8.31. The van der Waals surface area contributed by atoms with E-state index >= 15 is 0 Å². The number of hydrogen-bond donors (Lipinski definition) is 2. The second-order valence-electron chi connectivity index (χ2n) is 3.01.